The topological polar surface area (TPSA) is 41.1 Å². The second-order valence-corrected chi connectivity index (χ2v) is 7.16. The minimum Gasteiger partial charge on any atom is -0.356 e. The van der Waals surface area contributed by atoms with Crippen molar-refractivity contribution in [2.24, 2.45) is 17.8 Å². The van der Waals surface area contributed by atoms with Crippen molar-refractivity contribution in [2.45, 2.75) is 71.3 Å². The molecule has 0 bridgehead atoms. The molecule has 0 aromatic heterocycles. The summed E-state index contributed by atoms with van der Waals surface area (Å²) in [6, 6.07) is 0.387. The molecule has 20 heavy (non-hydrogen) atoms. The Bertz CT molecular complexity index is 305. The molecule has 1 amide bonds. The van der Waals surface area contributed by atoms with Gasteiger partial charge in [-0.2, -0.15) is 0 Å². The van der Waals surface area contributed by atoms with E-state index in [-0.39, 0.29) is 5.91 Å². The highest BCUT2D eigenvalue weighted by molar-refractivity contribution is 5.76. The van der Waals surface area contributed by atoms with Gasteiger partial charge in [-0.05, 0) is 50.0 Å². The van der Waals surface area contributed by atoms with Gasteiger partial charge >= 0.3 is 0 Å². The van der Waals surface area contributed by atoms with E-state index >= 15 is 0 Å². The number of hydrogen-bond acceptors (Lipinski definition) is 2. The van der Waals surface area contributed by atoms with Crippen LogP contribution in [0.15, 0.2) is 0 Å². The fourth-order valence-corrected chi connectivity index (χ4v) is 3.90. The highest BCUT2D eigenvalue weighted by Crippen LogP contribution is 2.30. The highest BCUT2D eigenvalue weighted by atomic mass is 16.1. The number of rotatable bonds is 5. The number of carbonyl (C=O) groups excluding carboxylic acids is 1. The number of amides is 1. The molecule has 1 heterocycles. The van der Waals surface area contributed by atoms with Gasteiger partial charge in [-0.25, -0.2) is 0 Å². The van der Waals surface area contributed by atoms with Gasteiger partial charge in [-0.3, -0.25) is 4.79 Å². The van der Waals surface area contributed by atoms with Crippen molar-refractivity contribution < 1.29 is 4.79 Å². The zero-order valence-electron chi connectivity index (χ0n) is 13.3. The van der Waals surface area contributed by atoms with Gasteiger partial charge in [0.05, 0.1) is 0 Å². The van der Waals surface area contributed by atoms with Crippen LogP contribution in [0.2, 0.25) is 0 Å². The second kappa shape index (κ2) is 8.02. The molecule has 3 heteroatoms. The Kier molecular flexibility index (Phi) is 6.34. The van der Waals surface area contributed by atoms with E-state index in [0.29, 0.717) is 18.4 Å². The Hall–Kier alpha value is -0.570. The molecule has 116 valence electrons. The lowest BCUT2D eigenvalue weighted by Crippen LogP contribution is -2.43. The minimum absolute atomic E-state index is 0.236. The molecule has 0 spiro atoms. The van der Waals surface area contributed by atoms with Gasteiger partial charge < -0.3 is 10.6 Å². The molecule has 2 aliphatic rings. The smallest absolute Gasteiger partial charge is 0.221 e. The SMILES string of the molecule is CC1CCCC(CCNC(=O)CC2NCCCC2C)C1. The second-order valence-electron chi connectivity index (χ2n) is 7.16. The Morgan fingerprint density at radius 3 is 2.80 bits per heavy atom. The molecule has 2 rings (SSSR count). The quantitative estimate of drug-likeness (QED) is 0.812. The van der Waals surface area contributed by atoms with Crippen molar-refractivity contribution in [2.75, 3.05) is 13.1 Å². The molecule has 1 saturated carbocycles. The standard InChI is InChI=1S/C17H32N2O/c1-13-5-3-7-15(11-13)8-10-19-17(20)12-16-14(2)6-4-9-18-16/h13-16,18H,3-12H2,1-2H3,(H,19,20). The molecule has 4 unspecified atom stereocenters. The lowest BCUT2D eigenvalue weighted by atomic mass is 9.81. The Balaban J connectivity index is 1.60. The van der Waals surface area contributed by atoms with Gasteiger partial charge in [0.1, 0.15) is 0 Å². The third kappa shape index (κ3) is 5.08. The summed E-state index contributed by atoms with van der Waals surface area (Å²) < 4.78 is 0. The maximum atomic E-state index is 12.0. The number of hydrogen-bond donors (Lipinski definition) is 2. The summed E-state index contributed by atoms with van der Waals surface area (Å²) in [4.78, 5) is 12.0. The summed E-state index contributed by atoms with van der Waals surface area (Å²) in [7, 11) is 0. The van der Waals surface area contributed by atoms with Crippen LogP contribution >= 0.6 is 0 Å². The van der Waals surface area contributed by atoms with Gasteiger partial charge in [-0.15, -0.1) is 0 Å². The molecule has 0 aromatic carbocycles. The van der Waals surface area contributed by atoms with E-state index in [1.807, 2.05) is 0 Å². The predicted molar refractivity (Wildman–Crippen MR) is 83.6 cm³/mol. The van der Waals surface area contributed by atoms with E-state index in [9.17, 15) is 4.79 Å². The molecule has 4 atom stereocenters. The van der Waals surface area contributed by atoms with E-state index in [1.54, 1.807) is 0 Å². The molecule has 1 aliphatic heterocycles. The zero-order chi connectivity index (χ0) is 14.4. The Labute approximate surface area is 124 Å². The first kappa shape index (κ1) is 15.8. The van der Waals surface area contributed by atoms with E-state index < -0.39 is 0 Å². The van der Waals surface area contributed by atoms with Crippen molar-refractivity contribution in [3.8, 4) is 0 Å². The van der Waals surface area contributed by atoms with Crippen LogP contribution in [0.3, 0.4) is 0 Å². The zero-order valence-corrected chi connectivity index (χ0v) is 13.3. The number of nitrogens with one attached hydrogen (secondary N) is 2. The van der Waals surface area contributed by atoms with Crippen molar-refractivity contribution in [1.82, 2.24) is 10.6 Å². The minimum atomic E-state index is 0.236. The molecular weight excluding hydrogens is 248 g/mol. The Morgan fingerprint density at radius 1 is 1.20 bits per heavy atom. The molecule has 1 saturated heterocycles. The van der Waals surface area contributed by atoms with Crippen LogP contribution in [0, 0.1) is 17.8 Å². The average Bonchev–Trinajstić information content (AvgIpc) is 2.41. The van der Waals surface area contributed by atoms with Crippen LogP contribution in [-0.2, 0) is 4.79 Å². The van der Waals surface area contributed by atoms with Gasteiger partial charge in [-0.1, -0.05) is 33.1 Å². The van der Waals surface area contributed by atoms with Crippen molar-refractivity contribution >= 4 is 5.91 Å². The van der Waals surface area contributed by atoms with Gasteiger partial charge in [0.2, 0.25) is 5.91 Å². The average molecular weight is 280 g/mol. The lowest BCUT2D eigenvalue weighted by Gasteiger charge is -2.30. The van der Waals surface area contributed by atoms with Crippen LogP contribution in [0.25, 0.3) is 0 Å². The summed E-state index contributed by atoms with van der Waals surface area (Å²) in [5.41, 5.74) is 0. The first-order valence-corrected chi connectivity index (χ1v) is 8.65. The van der Waals surface area contributed by atoms with Crippen LogP contribution in [0.1, 0.15) is 65.2 Å². The summed E-state index contributed by atoms with van der Waals surface area (Å²) in [5, 5.41) is 6.62. The summed E-state index contributed by atoms with van der Waals surface area (Å²) >= 11 is 0. The van der Waals surface area contributed by atoms with Crippen LogP contribution in [0.5, 0.6) is 0 Å². The van der Waals surface area contributed by atoms with Crippen LogP contribution in [0.4, 0.5) is 0 Å². The fraction of sp³-hybridized carbons (Fsp3) is 0.941. The maximum absolute atomic E-state index is 12.0. The normalized spacial score (nSPS) is 34.7. The molecule has 3 nitrogen and oxygen atoms in total. The molecule has 1 aliphatic carbocycles. The van der Waals surface area contributed by atoms with Gasteiger partial charge in [0.25, 0.3) is 0 Å². The molecule has 0 radical (unpaired) electrons. The van der Waals surface area contributed by atoms with E-state index in [2.05, 4.69) is 24.5 Å². The summed E-state index contributed by atoms with van der Waals surface area (Å²) in [5.74, 6) is 2.59. The van der Waals surface area contributed by atoms with E-state index in [1.165, 1.54) is 44.9 Å². The molecule has 2 fully saturated rings. The fourth-order valence-electron chi connectivity index (χ4n) is 3.90. The van der Waals surface area contributed by atoms with Crippen molar-refractivity contribution in [3.63, 3.8) is 0 Å². The Morgan fingerprint density at radius 2 is 2.05 bits per heavy atom. The molecular formula is C17H32N2O. The van der Waals surface area contributed by atoms with E-state index in [4.69, 9.17) is 0 Å². The van der Waals surface area contributed by atoms with E-state index in [0.717, 1.165) is 24.9 Å². The third-order valence-electron chi connectivity index (χ3n) is 5.25. The molecule has 0 aromatic rings. The lowest BCUT2D eigenvalue weighted by molar-refractivity contribution is -0.122. The monoisotopic (exact) mass is 280 g/mol. The maximum Gasteiger partial charge on any atom is 0.221 e. The largest absolute Gasteiger partial charge is 0.356 e. The van der Waals surface area contributed by atoms with Crippen molar-refractivity contribution in [3.05, 3.63) is 0 Å². The number of piperidine rings is 1. The van der Waals surface area contributed by atoms with Gasteiger partial charge in [0, 0.05) is 19.0 Å². The summed E-state index contributed by atoms with van der Waals surface area (Å²) in [6.45, 7) is 6.56. The highest BCUT2D eigenvalue weighted by Gasteiger charge is 2.23. The molecule has 2 N–H and O–H groups in total. The van der Waals surface area contributed by atoms with Gasteiger partial charge in [0.15, 0.2) is 0 Å². The first-order chi connectivity index (χ1) is 9.65. The third-order valence-corrected chi connectivity index (χ3v) is 5.25. The van der Waals surface area contributed by atoms with Crippen molar-refractivity contribution in [1.29, 1.82) is 0 Å². The van der Waals surface area contributed by atoms with Crippen LogP contribution in [-0.4, -0.2) is 25.0 Å². The number of carbonyl (C=O) groups is 1. The predicted octanol–water partition coefficient (Wildman–Crippen LogP) is 3.10. The summed E-state index contributed by atoms with van der Waals surface area (Å²) in [6.07, 6.45) is 9.83. The van der Waals surface area contributed by atoms with Crippen LogP contribution < -0.4 is 10.6 Å². The first-order valence-electron chi connectivity index (χ1n) is 8.65.